The molecular weight excluding hydrogens is 298 g/mol. The molecule has 0 atom stereocenters. The molecule has 4 heteroatoms. The fourth-order valence-electron chi connectivity index (χ4n) is 3.21. The van der Waals surface area contributed by atoms with E-state index in [1.807, 2.05) is 6.20 Å². The third-order valence-corrected chi connectivity index (χ3v) is 4.65. The van der Waals surface area contributed by atoms with E-state index in [0.29, 0.717) is 0 Å². The molecule has 2 heterocycles. The standard InChI is InChI=1S/C20H27N3O/c1-5-6-10-17-22-16-11-21-18-14(2)8-7-9-15(18)19(16)23(17)12-20(3,4)13-24/h7-9,11,24H,5-6,10,12-13H2,1-4H3. The average molecular weight is 325 g/mol. The van der Waals surface area contributed by atoms with Crippen LogP contribution in [0.5, 0.6) is 0 Å². The van der Waals surface area contributed by atoms with E-state index >= 15 is 0 Å². The molecule has 2 aromatic heterocycles. The minimum atomic E-state index is -0.186. The van der Waals surface area contributed by atoms with Crippen molar-refractivity contribution in [1.82, 2.24) is 14.5 Å². The Labute approximate surface area is 143 Å². The second-order valence-corrected chi connectivity index (χ2v) is 7.50. The number of aromatic nitrogens is 3. The molecule has 0 saturated heterocycles. The van der Waals surface area contributed by atoms with Crippen LogP contribution in [0.25, 0.3) is 21.9 Å². The highest BCUT2D eigenvalue weighted by atomic mass is 16.3. The summed E-state index contributed by atoms with van der Waals surface area (Å²) < 4.78 is 2.31. The Morgan fingerprint density at radius 2 is 2.04 bits per heavy atom. The Kier molecular flexibility index (Phi) is 4.59. The van der Waals surface area contributed by atoms with Crippen LogP contribution >= 0.6 is 0 Å². The minimum Gasteiger partial charge on any atom is -0.396 e. The fourth-order valence-corrected chi connectivity index (χ4v) is 3.21. The third kappa shape index (κ3) is 3.03. The van der Waals surface area contributed by atoms with Crippen molar-refractivity contribution in [2.75, 3.05) is 6.61 Å². The number of aryl methyl sites for hydroxylation is 2. The van der Waals surface area contributed by atoms with Gasteiger partial charge in [0.1, 0.15) is 11.3 Å². The molecule has 3 rings (SSSR count). The number of imidazole rings is 1. The van der Waals surface area contributed by atoms with Crippen molar-refractivity contribution < 1.29 is 5.11 Å². The van der Waals surface area contributed by atoms with Crippen LogP contribution in [0, 0.1) is 12.3 Å². The number of unbranched alkanes of at least 4 members (excludes halogenated alkanes) is 1. The van der Waals surface area contributed by atoms with E-state index in [0.717, 1.165) is 53.6 Å². The topological polar surface area (TPSA) is 50.9 Å². The molecule has 0 aliphatic carbocycles. The Morgan fingerprint density at radius 1 is 1.25 bits per heavy atom. The van der Waals surface area contributed by atoms with Crippen molar-refractivity contribution in [2.24, 2.45) is 5.41 Å². The maximum absolute atomic E-state index is 9.74. The Hall–Kier alpha value is -1.94. The van der Waals surface area contributed by atoms with Gasteiger partial charge in [0.05, 0.1) is 17.2 Å². The summed E-state index contributed by atoms with van der Waals surface area (Å²) in [5.41, 5.74) is 4.13. The molecule has 1 aromatic carbocycles. The van der Waals surface area contributed by atoms with E-state index < -0.39 is 0 Å². The highest BCUT2D eigenvalue weighted by molar-refractivity contribution is 6.03. The number of rotatable bonds is 6. The van der Waals surface area contributed by atoms with Crippen LogP contribution < -0.4 is 0 Å². The molecule has 0 fully saturated rings. The van der Waals surface area contributed by atoms with Gasteiger partial charge in [0.2, 0.25) is 0 Å². The highest BCUT2D eigenvalue weighted by Crippen LogP contribution is 2.30. The first-order chi connectivity index (χ1) is 11.5. The SMILES string of the molecule is CCCCc1nc2cnc3c(C)cccc3c2n1CC(C)(C)CO. The maximum atomic E-state index is 9.74. The zero-order chi connectivity index (χ0) is 17.3. The van der Waals surface area contributed by atoms with E-state index in [1.54, 1.807) is 0 Å². The number of para-hydroxylation sites is 1. The number of nitrogens with zero attached hydrogens (tertiary/aromatic N) is 3. The van der Waals surface area contributed by atoms with Gasteiger partial charge in [-0.2, -0.15) is 0 Å². The van der Waals surface area contributed by atoms with Gasteiger partial charge >= 0.3 is 0 Å². The second-order valence-electron chi connectivity index (χ2n) is 7.50. The van der Waals surface area contributed by atoms with Crippen molar-refractivity contribution in [3.63, 3.8) is 0 Å². The largest absolute Gasteiger partial charge is 0.396 e. The molecule has 128 valence electrons. The van der Waals surface area contributed by atoms with E-state index in [-0.39, 0.29) is 12.0 Å². The molecule has 0 radical (unpaired) electrons. The summed E-state index contributed by atoms with van der Waals surface area (Å²) in [5, 5.41) is 10.9. The van der Waals surface area contributed by atoms with Gasteiger partial charge in [-0.05, 0) is 18.9 Å². The second kappa shape index (κ2) is 6.52. The van der Waals surface area contributed by atoms with Crippen LogP contribution in [0.4, 0.5) is 0 Å². The predicted octanol–water partition coefficient (Wildman–Crippen LogP) is 4.25. The zero-order valence-electron chi connectivity index (χ0n) is 15.1. The van der Waals surface area contributed by atoms with Crippen LogP contribution in [0.15, 0.2) is 24.4 Å². The Morgan fingerprint density at radius 3 is 2.75 bits per heavy atom. The number of benzene rings is 1. The number of aliphatic hydroxyl groups excluding tert-OH is 1. The van der Waals surface area contributed by atoms with Crippen molar-refractivity contribution in [3.05, 3.63) is 35.8 Å². The monoisotopic (exact) mass is 325 g/mol. The summed E-state index contributed by atoms with van der Waals surface area (Å²) in [6.45, 7) is 9.39. The number of hydrogen-bond donors (Lipinski definition) is 1. The predicted molar refractivity (Wildman–Crippen MR) is 99.2 cm³/mol. The lowest BCUT2D eigenvalue weighted by molar-refractivity contribution is 0.141. The summed E-state index contributed by atoms with van der Waals surface area (Å²) in [6.07, 6.45) is 5.11. The molecular formula is C20H27N3O. The first-order valence-electron chi connectivity index (χ1n) is 8.81. The first-order valence-corrected chi connectivity index (χ1v) is 8.81. The van der Waals surface area contributed by atoms with Gasteiger partial charge in [-0.3, -0.25) is 4.98 Å². The Bertz CT molecular complexity index is 864. The van der Waals surface area contributed by atoms with Gasteiger partial charge in [0.15, 0.2) is 0 Å². The van der Waals surface area contributed by atoms with Crippen molar-refractivity contribution >= 4 is 21.9 Å². The fraction of sp³-hybridized carbons (Fsp3) is 0.500. The van der Waals surface area contributed by atoms with Gasteiger partial charge in [0, 0.05) is 30.4 Å². The molecule has 0 saturated carbocycles. The normalized spacial score (nSPS) is 12.4. The summed E-state index contributed by atoms with van der Waals surface area (Å²) >= 11 is 0. The van der Waals surface area contributed by atoms with Gasteiger partial charge in [-0.15, -0.1) is 0 Å². The van der Waals surface area contributed by atoms with Crippen molar-refractivity contribution in [3.8, 4) is 0 Å². The van der Waals surface area contributed by atoms with E-state index in [9.17, 15) is 5.11 Å². The van der Waals surface area contributed by atoms with Crippen LogP contribution in [-0.2, 0) is 13.0 Å². The lowest BCUT2D eigenvalue weighted by Gasteiger charge is -2.24. The number of fused-ring (bicyclic) bond motifs is 3. The third-order valence-electron chi connectivity index (χ3n) is 4.65. The lowest BCUT2D eigenvalue weighted by atomic mass is 9.94. The van der Waals surface area contributed by atoms with Gasteiger partial charge in [-0.1, -0.05) is 45.4 Å². The quantitative estimate of drug-likeness (QED) is 0.737. The molecule has 0 aliphatic heterocycles. The molecule has 0 spiro atoms. The number of aliphatic hydroxyl groups is 1. The molecule has 0 amide bonds. The van der Waals surface area contributed by atoms with Crippen molar-refractivity contribution in [1.29, 1.82) is 0 Å². The minimum absolute atomic E-state index is 0.155. The molecule has 24 heavy (non-hydrogen) atoms. The van der Waals surface area contributed by atoms with E-state index in [2.05, 4.69) is 55.4 Å². The van der Waals surface area contributed by atoms with Gasteiger partial charge < -0.3 is 9.67 Å². The summed E-state index contributed by atoms with van der Waals surface area (Å²) in [6, 6.07) is 6.31. The van der Waals surface area contributed by atoms with E-state index in [4.69, 9.17) is 4.98 Å². The van der Waals surface area contributed by atoms with Crippen LogP contribution in [-0.4, -0.2) is 26.2 Å². The van der Waals surface area contributed by atoms with Gasteiger partial charge in [-0.25, -0.2) is 4.98 Å². The highest BCUT2D eigenvalue weighted by Gasteiger charge is 2.22. The molecule has 0 aliphatic rings. The average Bonchev–Trinajstić information content (AvgIpc) is 2.90. The lowest BCUT2D eigenvalue weighted by Crippen LogP contribution is -2.25. The van der Waals surface area contributed by atoms with Crippen LogP contribution in [0.2, 0.25) is 0 Å². The van der Waals surface area contributed by atoms with Crippen LogP contribution in [0.3, 0.4) is 0 Å². The summed E-state index contributed by atoms with van der Waals surface area (Å²) in [5.74, 6) is 1.10. The van der Waals surface area contributed by atoms with Gasteiger partial charge in [0.25, 0.3) is 0 Å². The number of pyridine rings is 1. The van der Waals surface area contributed by atoms with Crippen molar-refractivity contribution in [2.45, 2.75) is 53.5 Å². The summed E-state index contributed by atoms with van der Waals surface area (Å²) in [7, 11) is 0. The molecule has 0 unspecified atom stereocenters. The molecule has 1 N–H and O–H groups in total. The first kappa shape index (κ1) is 16.9. The molecule has 0 bridgehead atoms. The van der Waals surface area contributed by atoms with Crippen LogP contribution in [0.1, 0.15) is 45.0 Å². The smallest absolute Gasteiger partial charge is 0.109 e. The number of hydrogen-bond acceptors (Lipinski definition) is 3. The zero-order valence-corrected chi connectivity index (χ0v) is 15.1. The Balaban J connectivity index is 2.27. The summed E-state index contributed by atoms with van der Waals surface area (Å²) in [4.78, 5) is 9.50. The molecule has 4 nitrogen and oxygen atoms in total. The maximum Gasteiger partial charge on any atom is 0.109 e. The van der Waals surface area contributed by atoms with E-state index in [1.165, 1.54) is 5.56 Å². The molecule has 3 aromatic rings.